The van der Waals surface area contributed by atoms with Gasteiger partial charge in [-0.25, -0.2) is 4.79 Å². The second-order valence-electron chi connectivity index (χ2n) is 5.31. The van der Waals surface area contributed by atoms with Crippen molar-refractivity contribution in [3.63, 3.8) is 0 Å². The summed E-state index contributed by atoms with van der Waals surface area (Å²) in [6.45, 7) is 0. The molecule has 2 aliphatic rings. The molecule has 0 aromatic heterocycles. The van der Waals surface area contributed by atoms with E-state index in [-0.39, 0.29) is 11.8 Å². The van der Waals surface area contributed by atoms with Crippen molar-refractivity contribution in [2.75, 3.05) is 14.2 Å². The molecule has 3 rings (SSSR count). The zero-order chi connectivity index (χ0) is 15.7. The zero-order valence-electron chi connectivity index (χ0n) is 12.6. The standard InChI is InChI=1S/C16H18N2O4/c1-21-12-7-6-9(8-13(12)22-2)15-14-10(17-16(20)18-15)4-3-5-11(14)19/h6-8,15H,3-5H2,1-2H3,(H2,17,18,20)/t15-/m0/s1. The molecular weight excluding hydrogens is 284 g/mol. The van der Waals surface area contributed by atoms with Crippen molar-refractivity contribution in [1.29, 1.82) is 0 Å². The highest BCUT2D eigenvalue weighted by Gasteiger charge is 2.34. The lowest BCUT2D eigenvalue weighted by Crippen LogP contribution is -2.46. The Labute approximate surface area is 128 Å². The highest BCUT2D eigenvalue weighted by Crippen LogP contribution is 2.36. The van der Waals surface area contributed by atoms with Gasteiger partial charge in [-0.1, -0.05) is 6.07 Å². The van der Waals surface area contributed by atoms with Crippen LogP contribution in [0.4, 0.5) is 4.79 Å². The first-order chi connectivity index (χ1) is 10.6. The Morgan fingerprint density at radius 3 is 2.59 bits per heavy atom. The van der Waals surface area contributed by atoms with Crippen LogP contribution in [0, 0.1) is 0 Å². The Bertz CT molecular complexity index is 666. The summed E-state index contributed by atoms with van der Waals surface area (Å²) in [6.07, 6.45) is 2.01. The molecule has 0 saturated carbocycles. The molecule has 6 heteroatoms. The minimum atomic E-state index is -0.448. The summed E-state index contributed by atoms with van der Waals surface area (Å²) >= 11 is 0. The van der Waals surface area contributed by atoms with E-state index in [1.807, 2.05) is 6.07 Å². The molecule has 22 heavy (non-hydrogen) atoms. The van der Waals surface area contributed by atoms with E-state index in [4.69, 9.17) is 9.47 Å². The molecule has 0 radical (unpaired) electrons. The fourth-order valence-electron chi connectivity index (χ4n) is 2.99. The van der Waals surface area contributed by atoms with Gasteiger partial charge in [-0.2, -0.15) is 0 Å². The molecule has 0 unspecified atom stereocenters. The van der Waals surface area contributed by atoms with Crippen molar-refractivity contribution in [3.8, 4) is 11.5 Å². The van der Waals surface area contributed by atoms with E-state index >= 15 is 0 Å². The summed E-state index contributed by atoms with van der Waals surface area (Å²) in [5, 5.41) is 5.58. The first-order valence-electron chi connectivity index (χ1n) is 7.19. The molecule has 1 aliphatic heterocycles. The summed E-state index contributed by atoms with van der Waals surface area (Å²) in [7, 11) is 3.12. The molecule has 1 aromatic rings. The zero-order valence-corrected chi connectivity index (χ0v) is 12.6. The van der Waals surface area contributed by atoms with Crippen LogP contribution >= 0.6 is 0 Å². The lowest BCUT2D eigenvalue weighted by atomic mass is 9.85. The van der Waals surface area contributed by atoms with E-state index < -0.39 is 6.04 Å². The maximum Gasteiger partial charge on any atom is 0.319 e. The first-order valence-corrected chi connectivity index (χ1v) is 7.19. The molecule has 1 aromatic carbocycles. The van der Waals surface area contributed by atoms with Crippen LogP contribution in [0.2, 0.25) is 0 Å². The highest BCUT2D eigenvalue weighted by atomic mass is 16.5. The third-order valence-electron chi connectivity index (χ3n) is 4.03. The summed E-state index contributed by atoms with van der Waals surface area (Å²) in [5.74, 6) is 1.25. The molecule has 6 nitrogen and oxygen atoms in total. The second kappa shape index (κ2) is 5.71. The number of hydrogen-bond acceptors (Lipinski definition) is 4. The normalized spacial score (nSPS) is 20.9. The number of hydrogen-bond donors (Lipinski definition) is 2. The number of methoxy groups -OCH3 is 2. The number of Topliss-reactive ketones (excluding diaryl/α,β-unsaturated/α-hetero) is 1. The molecule has 2 amide bonds. The Kier molecular flexibility index (Phi) is 3.75. The van der Waals surface area contributed by atoms with Crippen LogP contribution < -0.4 is 20.1 Å². The number of benzene rings is 1. The molecule has 1 heterocycles. The summed E-state index contributed by atoms with van der Waals surface area (Å²) < 4.78 is 10.5. The van der Waals surface area contributed by atoms with Crippen LogP contribution in [0.15, 0.2) is 29.5 Å². The van der Waals surface area contributed by atoms with Crippen molar-refractivity contribution in [2.24, 2.45) is 0 Å². The topological polar surface area (TPSA) is 76.7 Å². The van der Waals surface area contributed by atoms with E-state index in [1.54, 1.807) is 26.4 Å². The van der Waals surface area contributed by atoms with E-state index in [1.165, 1.54) is 0 Å². The molecule has 116 valence electrons. The highest BCUT2D eigenvalue weighted by molar-refractivity contribution is 6.01. The van der Waals surface area contributed by atoms with Crippen LogP contribution in [0.25, 0.3) is 0 Å². The predicted octanol–water partition coefficient (Wildman–Crippen LogP) is 2.06. The van der Waals surface area contributed by atoms with Crippen LogP contribution in [-0.4, -0.2) is 26.0 Å². The van der Waals surface area contributed by atoms with Gasteiger partial charge in [0.2, 0.25) is 0 Å². The van der Waals surface area contributed by atoms with Gasteiger partial charge in [-0.05, 0) is 30.5 Å². The Hall–Kier alpha value is -2.50. The van der Waals surface area contributed by atoms with Gasteiger partial charge in [-0.15, -0.1) is 0 Å². The van der Waals surface area contributed by atoms with Crippen LogP contribution in [-0.2, 0) is 4.79 Å². The molecule has 0 fully saturated rings. The van der Waals surface area contributed by atoms with Gasteiger partial charge in [0.1, 0.15) is 0 Å². The molecule has 2 N–H and O–H groups in total. The fraction of sp³-hybridized carbons (Fsp3) is 0.375. The quantitative estimate of drug-likeness (QED) is 0.896. The number of carbonyl (C=O) groups is 2. The Balaban J connectivity index is 2.05. The predicted molar refractivity (Wildman–Crippen MR) is 79.8 cm³/mol. The lowest BCUT2D eigenvalue weighted by molar-refractivity contribution is -0.116. The van der Waals surface area contributed by atoms with Gasteiger partial charge in [0.15, 0.2) is 17.3 Å². The van der Waals surface area contributed by atoms with Crippen LogP contribution in [0.1, 0.15) is 30.9 Å². The minimum absolute atomic E-state index is 0.0773. The number of urea groups is 1. The SMILES string of the molecule is COc1ccc([C@@H]2NC(=O)NC3=C2C(=O)CCC3)cc1OC. The first kappa shape index (κ1) is 14.4. The summed E-state index contributed by atoms with van der Waals surface area (Å²) in [5.41, 5.74) is 2.19. The third-order valence-corrected chi connectivity index (χ3v) is 4.03. The van der Waals surface area contributed by atoms with Crippen LogP contribution in [0.5, 0.6) is 11.5 Å². The third kappa shape index (κ3) is 2.41. The monoisotopic (exact) mass is 302 g/mol. The van der Waals surface area contributed by atoms with Gasteiger partial charge in [0.25, 0.3) is 0 Å². The second-order valence-corrected chi connectivity index (χ2v) is 5.31. The van der Waals surface area contributed by atoms with Gasteiger partial charge in [0, 0.05) is 17.7 Å². The van der Waals surface area contributed by atoms with Crippen molar-refractivity contribution in [3.05, 3.63) is 35.0 Å². The molecule has 0 spiro atoms. The molecule has 0 saturated heterocycles. The maximum absolute atomic E-state index is 12.3. The van der Waals surface area contributed by atoms with Gasteiger partial charge < -0.3 is 20.1 Å². The fourth-order valence-corrected chi connectivity index (χ4v) is 2.99. The Morgan fingerprint density at radius 1 is 1.09 bits per heavy atom. The van der Waals surface area contributed by atoms with Gasteiger partial charge >= 0.3 is 6.03 Å². The minimum Gasteiger partial charge on any atom is -0.493 e. The number of allylic oxidation sites excluding steroid dienone is 1. The van der Waals surface area contributed by atoms with E-state index in [0.717, 1.165) is 24.1 Å². The molecule has 1 aliphatic carbocycles. The summed E-state index contributed by atoms with van der Waals surface area (Å²) in [6, 6.07) is 4.67. The van der Waals surface area contributed by atoms with Crippen molar-refractivity contribution in [2.45, 2.75) is 25.3 Å². The molecular formula is C16H18N2O4. The number of ether oxygens (including phenoxy) is 2. The van der Waals surface area contributed by atoms with Crippen molar-refractivity contribution >= 4 is 11.8 Å². The number of nitrogens with one attached hydrogen (secondary N) is 2. The average molecular weight is 302 g/mol. The van der Waals surface area contributed by atoms with Crippen molar-refractivity contribution < 1.29 is 19.1 Å². The Morgan fingerprint density at radius 2 is 1.86 bits per heavy atom. The van der Waals surface area contributed by atoms with E-state index in [0.29, 0.717) is 23.5 Å². The number of amides is 2. The summed E-state index contributed by atoms with van der Waals surface area (Å²) in [4.78, 5) is 24.2. The van der Waals surface area contributed by atoms with E-state index in [9.17, 15) is 9.59 Å². The molecule has 1 atom stereocenters. The number of ketones is 1. The largest absolute Gasteiger partial charge is 0.493 e. The van der Waals surface area contributed by atoms with Crippen LogP contribution in [0.3, 0.4) is 0 Å². The number of rotatable bonds is 3. The smallest absolute Gasteiger partial charge is 0.319 e. The van der Waals surface area contributed by atoms with Gasteiger partial charge in [0.05, 0.1) is 20.3 Å². The molecule has 0 bridgehead atoms. The van der Waals surface area contributed by atoms with E-state index in [2.05, 4.69) is 10.6 Å². The lowest BCUT2D eigenvalue weighted by Gasteiger charge is -2.32. The average Bonchev–Trinajstić information content (AvgIpc) is 2.53. The maximum atomic E-state index is 12.3. The van der Waals surface area contributed by atoms with Crippen molar-refractivity contribution in [1.82, 2.24) is 10.6 Å². The number of carbonyl (C=O) groups excluding carboxylic acids is 2. The van der Waals surface area contributed by atoms with Gasteiger partial charge in [-0.3, -0.25) is 4.79 Å².